The normalized spacial score (nSPS) is 22.3. The Balaban J connectivity index is 1.66. The van der Waals surface area contributed by atoms with E-state index in [2.05, 4.69) is 24.1 Å². The highest BCUT2D eigenvalue weighted by Gasteiger charge is 2.40. The summed E-state index contributed by atoms with van der Waals surface area (Å²) in [4.78, 5) is 15.1. The van der Waals surface area contributed by atoms with Gasteiger partial charge < -0.3 is 10.1 Å². The van der Waals surface area contributed by atoms with Crippen LogP contribution in [-0.4, -0.2) is 74.5 Å². The van der Waals surface area contributed by atoms with Gasteiger partial charge in [-0.15, -0.1) is 0 Å². The third kappa shape index (κ3) is 4.53. The van der Waals surface area contributed by atoms with Crippen LogP contribution in [0.1, 0.15) is 26.7 Å². The zero-order chi connectivity index (χ0) is 20.4. The SMILES string of the molecule is CC(C)(CNC(=O)C1CCCN1S(=O)(=O)c1ccc(F)cc1)N1CCOCC1. The van der Waals surface area contributed by atoms with E-state index < -0.39 is 21.9 Å². The minimum Gasteiger partial charge on any atom is -0.379 e. The number of nitrogens with zero attached hydrogens (tertiary/aromatic N) is 2. The van der Waals surface area contributed by atoms with Gasteiger partial charge in [0.25, 0.3) is 0 Å². The van der Waals surface area contributed by atoms with Crippen molar-refractivity contribution in [1.29, 1.82) is 0 Å². The standard InChI is InChI=1S/C19H28FN3O4S/c1-19(2,22-10-12-27-13-11-22)14-21-18(24)17-4-3-9-23(17)28(25,26)16-7-5-15(20)6-8-16/h5-8,17H,3-4,9-14H2,1-2H3,(H,21,24). The van der Waals surface area contributed by atoms with Crippen LogP contribution in [0, 0.1) is 5.82 Å². The molecule has 156 valence electrons. The highest BCUT2D eigenvalue weighted by Crippen LogP contribution is 2.26. The maximum absolute atomic E-state index is 13.1. The van der Waals surface area contributed by atoms with E-state index in [9.17, 15) is 17.6 Å². The number of nitrogens with one attached hydrogen (secondary N) is 1. The summed E-state index contributed by atoms with van der Waals surface area (Å²) in [6.07, 6.45) is 1.09. The van der Waals surface area contributed by atoms with Crippen LogP contribution in [0.4, 0.5) is 4.39 Å². The third-order valence-corrected chi connectivity index (χ3v) is 7.41. The van der Waals surface area contributed by atoms with Crippen molar-refractivity contribution < 1.29 is 22.3 Å². The molecular formula is C19H28FN3O4S. The van der Waals surface area contributed by atoms with Gasteiger partial charge in [-0.05, 0) is 51.0 Å². The Kier molecular flexibility index (Phi) is 6.38. The third-order valence-electron chi connectivity index (χ3n) is 5.49. The Morgan fingerprint density at radius 3 is 2.50 bits per heavy atom. The fourth-order valence-electron chi connectivity index (χ4n) is 3.73. The Labute approximate surface area is 165 Å². The minimum atomic E-state index is -3.85. The second-order valence-electron chi connectivity index (χ2n) is 7.86. The van der Waals surface area contributed by atoms with Gasteiger partial charge in [-0.2, -0.15) is 4.31 Å². The molecule has 28 heavy (non-hydrogen) atoms. The van der Waals surface area contributed by atoms with Crippen molar-refractivity contribution >= 4 is 15.9 Å². The number of morpholine rings is 1. The van der Waals surface area contributed by atoms with E-state index in [1.807, 2.05) is 0 Å². The van der Waals surface area contributed by atoms with Crippen molar-refractivity contribution in [3.8, 4) is 0 Å². The number of rotatable bonds is 6. The molecule has 0 aromatic heterocycles. The second-order valence-corrected chi connectivity index (χ2v) is 9.75. The van der Waals surface area contributed by atoms with E-state index in [1.54, 1.807) is 0 Å². The van der Waals surface area contributed by atoms with Crippen molar-refractivity contribution in [3.63, 3.8) is 0 Å². The van der Waals surface area contributed by atoms with Gasteiger partial charge in [0, 0.05) is 31.7 Å². The maximum atomic E-state index is 13.1. The van der Waals surface area contributed by atoms with Crippen molar-refractivity contribution in [1.82, 2.24) is 14.5 Å². The zero-order valence-corrected chi connectivity index (χ0v) is 17.2. The van der Waals surface area contributed by atoms with E-state index in [-0.39, 0.29) is 22.9 Å². The number of benzene rings is 1. The average Bonchev–Trinajstić information content (AvgIpc) is 3.18. The molecule has 0 radical (unpaired) electrons. The number of carbonyl (C=O) groups is 1. The molecule has 1 aromatic carbocycles. The molecule has 9 heteroatoms. The summed E-state index contributed by atoms with van der Waals surface area (Å²) in [6.45, 7) is 7.76. The summed E-state index contributed by atoms with van der Waals surface area (Å²) in [5.41, 5.74) is -0.251. The molecule has 2 aliphatic rings. The molecule has 1 atom stereocenters. The summed E-state index contributed by atoms with van der Waals surface area (Å²) in [6, 6.07) is 3.96. The summed E-state index contributed by atoms with van der Waals surface area (Å²) in [7, 11) is -3.85. The number of hydrogen-bond acceptors (Lipinski definition) is 5. The topological polar surface area (TPSA) is 79.0 Å². The highest BCUT2D eigenvalue weighted by atomic mass is 32.2. The van der Waals surface area contributed by atoms with Gasteiger partial charge in [0.2, 0.25) is 15.9 Å². The van der Waals surface area contributed by atoms with Crippen LogP contribution in [-0.2, 0) is 19.6 Å². The Morgan fingerprint density at radius 2 is 1.86 bits per heavy atom. The number of hydrogen-bond donors (Lipinski definition) is 1. The summed E-state index contributed by atoms with van der Waals surface area (Å²) in [5.74, 6) is -0.787. The molecule has 0 bridgehead atoms. The van der Waals surface area contributed by atoms with Crippen LogP contribution >= 0.6 is 0 Å². The van der Waals surface area contributed by atoms with Gasteiger partial charge >= 0.3 is 0 Å². The fraction of sp³-hybridized carbons (Fsp3) is 0.632. The molecule has 1 N–H and O–H groups in total. The van der Waals surface area contributed by atoms with Gasteiger partial charge in [-0.3, -0.25) is 9.69 Å². The molecule has 7 nitrogen and oxygen atoms in total. The van der Waals surface area contributed by atoms with Crippen molar-refractivity contribution in [2.24, 2.45) is 0 Å². The number of sulfonamides is 1. The highest BCUT2D eigenvalue weighted by molar-refractivity contribution is 7.89. The molecule has 2 aliphatic heterocycles. The molecule has 0 spiro atoms. The largest absolute Gasteiger partial charge is 0.379 e. The lowest BCUT2D eigenvalue weighted by atomic mass is 10.0. The second kappa shape index (κ2) is 8.44. The van der Waals surface area contributed by atoms with E-state index in [1.165, 1.54) is 16.4 Å². The molecule has 1 unspecified atom stereocenters. The predicted molar refractivity (Wildman–Crippen MR) is 103 cm³/mol. The molecular weight excluding hydrogens is 385 g/mol. The number of amides is 1. The van der Waals surface area contributed by atoms with E-state index >= 15 is 0 Å². The monoisotopic (exact) mass is 413 g/mol. The van der Waals surface area contributed by atoms with E-state index in [4.69, 9.17) is 4.74 Å². The molecule has 1 aromatic rings. The van der Waals surface area contributed by atoms with Gasteiger partial charge in [-0.1, -0.05) is 0 Å². The summed E-state index contributed by atoms with van der Waals surface area (Å²) < 4.78 is 45.6. The first-order valence-corrected chi connectivity index (χ1v) is 11.0. The molecule has 0 aliphatic carbocycles. The van der Waals surface area contributed by atoms with Crippen LogP contribution in [0.15, 0.2) is 29.2 Å². The maximum Gasteiger partial charge on any atom is 0.243 e. The molecule has 2 saturated heterocycles. The number of carbonyl (C=O) groups excluding carboxylic acids is 1. The first kappa shape index (κ1) is 21.2. The first-order valence-electron chi connectivity index (χ1n) is 9.60. The van der Waals surface area contributed by atoms with Crippen molar-refractivity contribution in [2.45, 2.75) is 43.2 Å². The molecule has 0 saturated carbocycles. The number of halogens is 1. The van der Waals surface area contributed by atoms with Gasteiger partial charge in [0.15, 0.2) is 0 Å². The molecule has 1 amide bonds. The summed E-state index contributed by atoms with van der Waals surface area (Å²) in [5, 5.41) is 2.94. The number of ether oxygens (including phenoxy) is 1. The van der Waals surface area contributed by atoms with Crippen LogP contribution in [0.3, 0.4) is 0 Å². The van der Waals surface area contributed by atoms with Crippen molar-refractivity contribution in [3.05, 3.63) is 30.1 Å². The minimum absolute atomic E-state index is 0.00208. The van der Waals surface area contributed by atoms with Crippen molar-refractivity contribution in [2.75, 3.05) is 39.4 Å². The van der Waals surface area contributed by atoms with Crippen LogP contribution in [0.5, 0.6) is 0 Å². The lowest BCUT2D eigenvalue weighted by Gasteiger charge is -2.41. The molecule has 3 rings (SSSR count). The van der Waals surface area contributed by atoms with Gasteiger partial charge in [0.1, 0.15) is 11.9 Å². The van der Waals surface area contributed by atoms with Gasteiger partial charge in [-0.25, -0.2) is 12.8 Å². The quantitative estimate of drug-likeness (QED) is 0.758. The average molecular weight is 414 g/mol. The summed E-state index contributed by atoms with van der Waals surface area (Å²) >= 11 is 0. The molecule has 2 heterocycles. The van der Waals surface area contributed by atoms with E-state index in [0.717, 1.165) is 25.2 Å². The van der Waals surface area contributed by atoms with Crippen LogP contribution in [0.2, 0.25) is 0 Å². The van der Waals surface area contributed by atoms with Crippen LogP contribution in [0.25, 0.3) is 0 Å². The van der Waals surface area contributed by atoms with Gasteiger partial charge in [0.05, 0.1) is 18.1 Å². The smallest absolute Gasteiger partial charge is 0.243 e. The van der Waals surface area contributed by atoms with Crippen LogP contribution < -0.4 is 5.32 Å². The zero-order valence-electron chi connectivity index (χ0n) is 16.4. The Bertz CT molecular complexity index is 792. The Morgan fingerprint density at radius 1 is 1.21 bits per heavy atom. The Hall–Kier alpha value is -1.55. The predicted octanol–water partition coefficient (Wildman–Crippen LogP) is 1.21. The lowest BCUT2D eigenvalue weighted by molar-refractivity contribution is -0.125. The lowest BCUT2D eigenvalue weighted by Crippen LogP contribution is -2.57. The first-order chi connectivity index (χ1) is 13.2. The van der Waals surface area contributed by atoms with E-state index in [0.29, 0.717) is 32.6 Å². The molecule has 2 fully saturated rings. The fourth-order valence-corrected chi connectivity index (χ4v) is 5.39.